The number of hydrogen-bond acceptors (Lipinski definition) is 3. The molecule has 0 spiro atoms. The standard InChI is InChI=1S/C23H25N3O2/c1-15(18-12-11-17-7-3-4-8-19(17)13-18)24-22(27)14-26-23(28)21-10-6-5-9-20(21)16(2)25-26/h5-6,9-13,15H,3-4,7-8,14H2,1-2H3,(H,24,27). The highest BCUT2D eigenvalue weighted by molar-refractivity contribution is 5.83. The Morgan fingerprint density at radius 1 is 1.11 bits per heavy atom. The van der Waals surface area contributed by atoms with Gasteiger partial charge in [-0.15, -0.1) is 0 Å². The summed E-state index contributed by atoms with van der Waals surface area (Å²) in [7, 11) is 0. The van der Waals surface area contributed by atoms with Crippen molar-refractivity contribution < 1.29 is 4.79 Å². The molecule has 1 aromatic heterocycles. The number of aryl methyl sites for hydroxylation is 3. The van der Waals surface area contributed by atoms with E-state index in [1.54, 1.807) is 6.07 Å². The first kappa shape index (κ1) is 18.4. The van der Waals surface area contributed by atoms with Gasteiger partial charge in [0.1, 0.15) is 6.54 Å². The van der Waals surface area contributed by atoms with E-state index in [4.69, 9.17) is 0 Å². The summed E-state index contributed by atoms with van der Waals surface area (Å²) in [5.41, 5.74) is 4.43. The van der Waals surface area contributed by atoms with Crippen molar-refractivity contribution >= 4 is 16.7 Å². The molecule has 28 heavy (non-hydrogen) atoms. The van der Waals surface area contributed by atoms with Gasteiger partial charge in [0, 0.05) is 5.39 Å². The quantitative estimate of drug-likeness (QED) is 0.759. The number of amides is 1. The van der Waals surface area contributed by atoms with Crippen LogP contribution < -0.4 is 10.9 Å². The van der Waals surface area contributed by atoms with Crippen LogP contribution in [0.25, 0.3) is 10.8 Å². The Morgan fingerprint density at radius 3 is 2.61 bits per heavy atom. The molecule has 1 unspecified atom stereocenters. The molecular weight excluding hydrogens is 350 g/mol. The monoisotopic (exact) mass is 375 g/mol. The Kier molecular flexibility index (Phi) is 4.99. The highest BCUT2D eigenvalue weighted by Crippen LogP contribution is 2.24. The second-order valence-corrected chi connectivity index (χ2v) is 7.62. The van der Waals surface area contributed by atoms with Gasteiger partial charge in [0.25, 0.3) is 5.56 Å². The minimum absolute atomic E-state index is 0.0835. The Balaban J connectivity index is 1.51. The van der Waals surface area contributed by atoms with Gasteiger partial charge >= 0.3 is 0 Å². The molecule has 0 radical (unpaired) electrons. The summed E-state index contributed by atoms with van der Waals surface area (Å²) in [5, 5.41) is 8.74. The van der Waals surface area contributed by atoms with Crippen LogP contribution in [-0.4, -0.2) is 15.7 Å². The maximum atomic E-state index is 12.7. The fourth-order valence-electron chi connectivity index (χ4n) is 4.04. The average molecular weight is 375 g/mol. The van der Waals surface area contributed by atoms with Crippen molar-refractivity contribution in [2.45, 2.75) is 52.1 Å². The molecule has 1 aliphatic carbocycles. The molecule has 0 saturated heterocycles. The molecule has 0 bridgehead atoms. The van der Waals surface area contributed by atoms with Crippen LogP contribution >= 0.6 is 0 Å². The first-order chi connectivity index (χ1) is 13.5. The Bertz CT molecular complexity index is 1100. The van der Waals surface area contributed by atoms with Gasteiger partial charge in [0.2, 0.25) is 5.91 Å². The first-order valence-corrected chi connectivity index (χ1v) is 9.90. The summed E-state index contributed by atoms with van der Waals surface area (Å²) in [6.07, 6.45) is 4.74. The van der Waals surface area contributed by atoms with Gasteiger partial charge < -0.3 is 5.32 Å². The van der Waals surface area contributed by atoms with Crippen LogP contribution in [0.2, 0.25) is 0 Å². The zero-order chi connectivity index (χ0) is 19.7. The molecule has 1 atom stereocenters. The largest absolute Gasteiger partial charge is 0.348 e. The number of carbonyl (C=O) groups is 1. The van der Waals surface area contributed by atoms with Gasteiger partial charge in [0.05, 0.1) is 17.1 Å². The number of aromatic nitrogens is 2. The molecule has 0 aliphatic heterocycles. The fourth-order valence-corrected chi connectivity index (χ4v) is 4.04. The molecule has 3 aromatic rings. The Hall–Kier alpha value is -2.95. The number of rotatable bonds is 4. The van der Waals surface area contributed by atoms with Gasteiger partial charge in [-0.05, 0) is 62.3 Å². The summed E-state index contributed by atoms with van der Waals surface area (Å²) in [6, 6.07) is 13.7. The zero-order valence-electron chi connectivity index (χ0n) is 16.4. The van der Waals surface area contributed by atoms with Crippen molar-refractivity contribution in [3.63, 3.8) is 0 Å². The van der Waals surface area contributed by atoms with Crippen LogP contribution in [0.3, 0.4) is 0 Å². The third-order valence-corrected chi connectivity index (χ3v) is 5.60. The summed E-state index contributed by atoms with van der Waals surface area (Å²) in [4.78, 5) is 25.2. The van der Waals surface area contributed by atoms with Gasteiger partial charge in [0.15, 0.2) is 0 Å². The van der Waals surface area contributed by atoms with E-state index in [9.17, 15) is 9.59 Å². The van der Waals surface area contributed by atoms with Crippen molar-refractivity contribution in [3.05, 3.63) is 75.2 Å². The molecule has 4 rings (SSSR count). The van der Waals surface area contributed by atoms with E-state index >= 15 is 0 Å². The third kappa shape index (κ3) is 3.57. The number of hydrogen-bond donors (Lipinski definition) is 1. The summed E-state index contributed by atoms with van der Waals surface area (Å²) in [5.74, 6) is -0.213. The minimum atomic E-state index is -0.238. The lowest BCUT2D eigenvalue weighted by Crippen LogP contribution is -2.35. The number of nitrogens with one attached hydrogen (secondary N) is 1. The fraction of sp³-hybridized carbons (Fsp3) is 0.348. The predicted molar refractivity (Wildman–Crippen MR) is 110 cm³/mol. The number of fused-ring (bicyclic) bond motifs is 2. The normalized spacial score (nSPS) is 14.5. The van der Waals surface area contributed by atoms with Crippen LogP contribution in [0.4, 0.5) is 0 Å². The zero-order valence-corrected chi connectivity index (χ0v) is 16.4. The molecule has 5 heteroatoms. The van der Waals surface area contributed by atoms with Gasteiger partial charge in [-0.3, -0.25) is 9.59 Å². The van der Waals surface area contributed by atoms with Crippen molar-refractivity contribution in [2.24, 2.45) is 0 Å². The second-order valence-electron chi connectivity index (χ2n) is 7.62. The summed E-state index contributed by atoms with van der Waals surface area (Å²) >= 11 is 0. The van der Waals surface area contributed by atoms with Gasteiger partial charge in [-0.2, -0.15) is 5.10 Å². The summed E-state index contributed by atoms with van der Waals surface area (Å²) in [6.45, 7) is 3.75. The van der Waals surface area contributed by atoms with E-state index in [0.29, 0.717) is 5.39 Å². The van der Waals surface area contributed by atoms with E-state index in [2.05, 4.69) is 28.6 Å². The maximum Gasteiger partial charge on any atom is 0.275 e. The van der Waals surface area contributed by atoms with E-state index in [1.165, 1.54) is 28.7 Å². The maximum absolute atomic E-state index is 12.7. The third-order valence-electron chi connectivity index (χ3n) is 5.60. The van der Waals surface area contributed by atoms with Crippen LogP contribution in [-0.2, 0) is 24.2 Å². The molecule has 5 nitrogen and oxygen atoms in total. The van der Waals surface area contributed by atoms with E-state index < -0.39 is 0 Å². The predicted octanol–water partition coefficient (Wildman–Crippen LogP) is 3.46. The minimum Gasteiger partial charge on any atom is -0.348 e. The SMILES string of the molecule is Cc1nn(CC(=O)NC(C)c2ccc3c(c2)CCCC3)c(=O)c2ccccc12. The molecule has 2 aromatic carbocycles. The highest BCUT2D eigenvalue weighted by atomic mass is 16.2. The molecule has 0 fully saturated rings. The molecule has 1 amide bonds. The van der Waals surface area contributed by atoms with E-state index in [0.717, 1.165) is 29.5 Å². The van der Waals surface area contributed by atoms with Crippen LogP contribution in [0.15, 0.2) is 47.3 Å². The molecular formula is C23H25N3O2. The number of benzene rings is 2. The second kappa shape index (κ2) is 7.58. The van der Waals surface area contributed by atoms with Crippen molar-refractivity contribution in [2.75, 3.05) is 0 Å². The van der Waals surface area contributed by atoms with Gasteiger partial charge in [-0.1, -0.05) is 36.4 Å². The lowest BCUT2D eigenvalue weighted by atomic mass is 9.89. The molecule has 1 aliphatic rings. The first-order valence-electron chi connectivity index (χ1n) is 9.90. The summed E-state index contributed by atoms with van der Waals surface area (Å²) < 4.78 is 1.26. The Labute approximate surface area is 164 Å². The van der Waals surface area contributed by atoms with Crippen molar-refractivity contribution in [1.29, 1.82) is 0 Å². The Morgan fingerprint density at radius 2 is 1.82 bits per heavy atom. The lowest BCUT2D eigenvalue weighted by Gasteiger charge is -2.20. The van der Waals surface area contributed by atoms with Crippen molar-refractivity contribution in [1.82, 2.24) is 15.1 Å². The molecule has 0 saturated carbocycles. The van der Waals surface area contributed by atoms with Crippen LogP contribution in [0.5, 0.6) is 0 Å². The smallest absolute Gasteiger partial charge is 0.275 e. The topological polar surface area (TPSA) is 64.0 Å². The molecule has 144 valence electrons. The van der Waals surface area contributed by atoms with Crippen LogP contribution in [0.1, 0.15) is 48.2 Å². The average Bonchev–Trinajstić information content (AvgIpc) is 2.71. The lowest BCUT2D eigenvalue weighted by molar-refractivity contribution is -0.122. The van der Waals surface area contributed by atoms with Gasteiger partial charge in [-0.25, -0.2) is 4.68 Å². The number of nitrogens with zero attached hydrogens (tertiary/aromatic N) is 2. The van der Waals surface area contributed by atoms with E-state index in [-0.39, 0.29) is 24.1 Å². The van der Waals surface area contributed by atoms with Crippen LogP contribution in [0, 0.1) is 6.92 Å². The van der Waals surface area contributed by atoms with Crippen molar-refractivity contribution in [3.8, 4) is 0 Å². The number of carbonyl (C=O) groups excluding carboxylic acids is 1. The van der Waals surface area contributed by atoms with E-state index in [1.807, 2.05) is 32.0 Å². The molecule has 1 N–H and O–H groups in total. The highest BCUT2D eigenvalue weighted by Gasteiger charge is 2.16. The molecule has 1 heterocycles.